The summed E-state index contributed by atoms with van der Waals surface area (Å²) in [6.45, 7) is 5.12. The smallest absolute Gasteiger partial charge is 0.246 e. The number of nitrogens with one attached hydrogen (secondary N) is 5. The van der Waals surface area contributed by atoms with Gasteiger partial charge in [-0.25, -0.2) is 0 Å². The first-order valence-corrected chi connectivity index (χ1v) is 20.4. The van der Waals surface area contributed by atoms with E-state index in [0.717, 1.165) is 0 Å². The van der Waals surface area contributed by atoms with E-state index in [1.54, 1.807) is 67.6 Å². The number of hydrogen-bond donors (Lipinski definition) is 7. The predicted octanol–water partition coefficient (Wildman–Crippen LogP) is -0.806. The molecule has 318 valence electrons. The summed E-state index contributed by atoms with van der Waals surface area (Å²) in [4.78, 5) is 114. The Bertz CT molecular complexity index is 1860. The number of hydrogen-bond acceptors (Lipinski definition) is 9. The zero-order valence-electron chi connectivity index (χ0n) is 33.7. The summed E-state index contributed by atoms with van der Waals surface area (Å²) >= 11 is 0. The van der Waals surface area contributed by atoms with Crippen LogP contribution in [-0.2, 0) is 51.2 Å². The number of primary amides is 1. The summed E-state index contributed by atoms with van der Waals surface area (Å²) in [5, 5.41) is 24.3. The topological polar surface area (TPSA) is 249 Å². The van der Waals surface area contributed by atoms with Gasteiger partial charge >= 0.3 is 0 Å². The molecule has 2 aromatic carbocycles. The Balaban J connectivity index is 1.57. The monoisotopic (exact) mass is 816 g/mol. The minimum atomic E-state index is -1.57. The molecule has 9 atom stereocenters. The van der Waals surface area contributed by atoms with E-state index in [-0.39, 0.29) is 38.8 Å². The zero-order valence-corrected chi connectivity index (χ0v) is 33.7. The van der Waals surface area contributed by atoms with Crippen LogP contribution in [0.4, 0.5) is 0 Å². The molecule has 3 aliphatic heterocycles. The molecule has 5 rings (SSSR count). The van der Waals surface area contributed by atoms with Crippen LogP contribution >= 0.6 is 0 Å². The van der Waals surface area contributed by atoms with Crippen LogP contribution in [0, 0.1) is 5.92 Å². The van der Waals surface area contributed by atoms with Crippen LogP contribution in [0.1, 0.15) is 70.4 Å². The summed E-state index contributed by atoms with van der Waals surface area (Å²) < 4.78 is 0. The van der Waals surface area contributed by atoms with Crippen molar-refractivity contribution in [1.82, 2.24) is 36.4 Å². The van der Waals surface area contributed by atoms with Gasteiger partial charge in [0.25, 0.3) is 0 Å². The molecule has 8 amide bonds. The number of nitrogens with two attached hydrogens (primary N) is 1. The number of amides is 8. The third-order valence-corrected chi connectivity index (χ3v) is 11.4. The molecule has 3 saturated heterocycles. The van der Waals surface area contributed by atoms with E-state index >= 15 is 0 Å². The molecule has 3 heterocycles. The van der Waals surface area contributed by atoms with Gasteiger partial charge in [-0.1, -0.05) is 80.9 Å². The predicted molar refractivity (Wildman–Crippen MR) is 214 cm³/mol. The molecule has 0 unspecified atom stereocenters. The fourth-order valence-electron chi connectivity index (χ4n) is 7.92. The highest BCUT2D eigenvalue weighted by Crippen LogP contribution is 2.23. The van der Waals surface area contributed by atoms with Crippen LogP contribution in [0.15, 0.2) is 60.7 Å². The standard InChI is InChI=1S/C42H56N8O9/c1-4-24(2)34-39(56)46-29(22-27-15-9-6-10-16-27)41(58)49-19-12-18-32(49)38(55)45-30(23-33(43)52)42(59)50-20-11-17-31(50)37(54)44-28(21-26-13-7-5-8-14-26)36(53)48-35(25(3)51)40(57)47-34/h5-10,13-16,24-25,28-32,34-35,51H,4,11-12,17-23H2,1-3H3,(H2,43,52)(H,44,54)(H,45,55)(H,46,56)(H,47,57)(H,48,53)/t24-,25+,28-,29-,30+,31-,32-,34-,35-/m0/s1. The average molecular weight is 817 g/mol. The molecule has 3 fully saturated rings. The fourth-order valence-corrected chi connectivity index (χ4v) is 7.92. The highest BCUT2D eigenvalue weighted by Gasteiger charge is 2.44. The van der Waals surface area contributed by atoms with Gasteiger partial charge in [-0.3, -0.25) is 38.4 Å². The SMILES string of the molecule is CC[C@H](C)[C@@H]1NC(=O)[C@H]([C@@H](C)O)NC(=O)[C@H](Cc2ccccc2)NC(=O)[C@@H]2CCCN2C(=O)[C@@H](CC(N)=O)NC(=O)[C@@H]2CCCN2C(=O)[C@H](Cc2ccccc2)NC1=O. The normalized spacial score (nSPS) is 27.5. The quantitative estimate of drug-likeness (QED) is 0.167. The Kier molecular flexibility index (Phi) is 15.2. The van der Waals surface area contributed by atoms with E-state index in [4.69, 9.17) is 5.73 Å². The van der Waals surface area contributed by atoms with Crippen molar-refractivity contribution >= 4 is 47.3 Å². The third kappa shape index (κ3) is 11.2. The van der Waals surface area contributed by atoms with Crippen LogP contribution in [0.3, 0.4) is 0 Å². The van der Waals surface area contributed by atoms with Crippen molar-refractivity contribution in [3.05, 3.63) is 71.8 Å². The van der Waals surface area contributed by atoms with Crippen LogP contribution in [0.25, 0.3) is 0 Å². The molecule has 0 aromatic heterocycles. The number of carbonyl (C=O) groups is 8. The second kappa shape index (κ2) is 20.2. The summed E-state index contributed by atoms with van der Waals surface area (Å²) in [7, 11) is 0. The van der Waals surface area contributed by atoms with Crippen molar-refractivity contribution in [1.29, 1.82) is 0 Å². The Morgan fingerprint density at radius 2 is 1.08 bits per heavy atom. The van der Waals surface area contributed by atoms with Crippen LogP contribution in [0.2, 0.25) is 0 Å². The highest BCUT2D eigenvalue weighted by atomic mass is 16.3. The lowest BCUT2D eigenvalue weighted by atomic mass is 9.96. The molecule has 17 heteroatoms. The summed E-state index contributed by atoms with van der Waals surface area (Å²) in [6.07, 6.45) is -0.342. The fraction of sp³-hybridized carbons (Fsp3) is 0.524. The van der Waals surface area contributed by atoms with Crippen LogP contribution < -0.4 is 32.3 Å². The highest BCUT2D eigenvalue weighted by molar-refractivity contribution is 6.00. The molecule has 0 saturated carbocycles. The van der Waals surface area contributed by atoms with Crippen molar-refractivity contribution < 1.29 is 43.5 Å². The zero-order chi connectivity index (χ0) is 42.8. The van der Waals surface area contributed by atoms with E-state index in [0.29, 0.717) is 30.4 Å². The maximum Gasteiger partial charge on any atom is 0.246 e. The lowest BCUT2D eigenvalue weighted by molar-refractivity contribution is -0.145. The Hall–Kier alpha value is -5.84. The molecular weight excluding hydrogens is 761 g/mol. The summed E-state index contributed by atoms with van der Waals surface area (Å²) in [5.41, 5.74) is 6.92. The van der Waals surface area contributed by atoms with Crippen molar-refractivity contribution in [2.24, 2.45) is 11.7 Å². The van der Waals surface area contributed by atoms with E-state index in [2.05, 4.69) is 26.6 Å². The first-order valence-electron chi connectivity index (χ1n) is 20.4. The molecule has 59 heavy (non-hydrogen) atoms. The lowest BCUT2D eigenvalue weighted by Crippen LogP contribution is -2.62. The first-order chi connectivity index (χ1) is 28.2. The van der Waals surface area contributed by atoms with E-state index in [9.17, 15) is 43.5 Å². The number of carbonyl (C=O) groups excluding carboxylic acids is 8. The molecule has 0 radical (unpaired) electrons. The number of fused-ring (bicyclic) bond motifs is 2. The van der Waals surface area contributed by atoms with Crippen molar-refractivity contribution in [3.63, 3.8) is 0 Å². The first kappa shape index (κ1) is 44.3. The number of aliphatic hydroxyl groups is 1. The van der Waals surface area contributed by atoms with Crippen molar-refractivity contribution in [2.45, 2.75) is 121 Å². The van der Waals surface area contributed by atoms with Gasteiger partial charge in [-0.2, -0.15) is 0 Å². The van der Waals surface area contributed by atoms with E-state index in [1.807, 2.05) is 6.92 Å². The van der Waals surface area contributed by atoms with Gasteiger partial charge in [0.1, 0.15) is 42.3 Å². The third-order valence-electron chi connectivity index (χ3n) is 11.4. The molecule has 2 aromatic rings. The molecule has 0 bridgehead atoms. The van der Waals surface area contributed by atoms with Crippen molar-refractivity contribution in [2.75, 3.05) is 13.1 Å². The Labute approximate surface area is 343 Å². The van der Waals surface area contributed by atoms with Gasteiger partial charge in [0.15, 0.2) is 0 Å². The molecule has 17 nitrogen and oxygen atoms in total. The largest absolute Gasteiger partial charge is 0.391 e. The van der Waals surface area contributed by atoms with E-state index in [1.165, 1.54) is 16.7 Å². The van der Waals surface area contributed by atoms with Crippen LogP contribution in [-0.4, -0.2) is 124 Å². The molecule has 8 N–H and O–H groups in total. The van der Waals surface area contributed by atoms with Crippen LogP contribution in [0.5, 0.6) is 0 Å². The Morgan fingerprint density at radius 1 is 0.644 bits per heavy atom. The second-order valence-corrected chi connectivity index (χ2v) is 15.7. The minimum absolute atomic E-state index is 0.0276. The maximum atomic E-state index is 14.5. The van der Waals surface area contributed by atoms with Gasteiger partial charge in [0, 0.05) is 25.9 Å². The second-order valence-electron chi connectivity index (χ2n) is 15.7. The maximum absolute atomic E-state index is 14.5. The molecule has 0 aliphatic carbocycles. The van der Waals surface area contributed by atoms with Gasteiger partial charge in [0.2, 0.25) is 47.3 Å². The van der Waals surface area contributed by atoms with E-state index < -0.39 is 108 Å². The van der Waals surface area contributed by atoms with Gasteiger partial charge in [-0.05, 0) is 49.7 Å². The van der Waals surface area contributed by atoms with Gasteiger partial charge in [0.05, 0.1) is 12.5 Å². The molecule has 0 spiro atoms. The number of nitrogens with zero attached hydrogens (tertiary/aromatic N) is 2. The number of benzene rings is 2. The van der Waals surface area contributed by atoms with Gasteiger partial charge in [-0.15, -0.1) is 0 Å². The minimum Gasteiger partial charge on any atom is -0.391 e. The average Bonchev–Trinajstić information content (AvgIpc) is 3.92. The number of rotatable bonds is 9. The summed E-state index contributed by atoms with van der Waals surface area (Å²) in [5.74, 6) is -6.48. The molecular formula is C42H56N8O9. The lowest BCUT2D eigenvalue weighted by Gasteiger charge is -2.32. The number of aliphatic hydroxyl groups excluding tert-OH is 1. The van der Waals surface area contributed by atoms with Crippen molar-refractivity contribution in [3.8, 4) is 0 Å². The Morgan fingerprint density at radius 3 is 1.58 bits per heavy atom. The molecule has 3 aliphatic rings. The van der Waals surface area contributed by atoms with Gasteiger partial charge < -0.3 is 47.2 Å². The summed E-state index contributed by atoms with van der Waals surface area (Å²) in [6, 6.07) is 8.79.